The molecule has 102 valence electrons. The summed E-state index contributed by atoms with van der Waals surface area (Å²) in [6.45, 7) is 7.85. The molecule has 0 saturated heterocycles. The fraction of sp³-hybridized carbons (Fsp3) is 0.667. The Hall–Kier alpha value is -1.40. The second kappa shape index (κ2) is 5.49. The first-order valence-electron chi connectivity index (χ1n) is 6.06. The minimum atomic E-state index is -0.393. The lowest BCUT2D eigenvalue weighted by Gasteiger charge is -2.36. The Morgan fingerprint density at radius 2 is 2.00 bits per heavy atom. The summed E-state index contributed by atoms with van der Waals surface area (Å²) in [7, 11) is 1.91. The lowest BCUT2D eigenvalue weighted by Crippen LogP contribution is -2.45. The number of aliphatic hydroxyl groups is 1. The molecule has 6 heteroatoms. The molecule has 0 spiro atoms. The van der Waals surface area contributed by atoms with Crippen LogP contribution in [0.3, 0.4) is 0 Å². The van der Waals surface area contributed by atoms with Crippen LogP contribution in [0.25, 0.3) is 0 Å². The molecule has 1 heterocycles. The third-order valence-corrected chi connectivity index (χ3v) is 3.23. The van der Waals surface area contributed by atoms with Crippen LogP contribution in [0.5, 0.6) is 0 Å². The third-order valence-electron chi connectivity index (χ3n) is 3.23. The zero-order valence-electron chi connectivity index (χ0n) is 11.8. The summed E-state index contributed by atoms with van der Waals surface area (Å²) in [4.78, 5) is 10.8. The molecular formula is C12H23N5O. The number of hydrogen-bond donors (Lipinski definition) is 3. The molecule has 0 fully saturated rings. The largest absolute Gasteiger partial charge is 0.394 e. The van der Waals surface area contributed by atoms with Crippen LogP contribution in [0, 0.1) is 6.92 Å². The molecule has 4 N–H and O–H groups in total. The molecule has 0 aliphatic heterocycles. The standard InChI is InChI=1S/C12H23N5O/c1-6-9-14-10(16-13)8(2)11(15-9)17(5)12(3,4)7-18/h18H,6-7,13H2,1-5H3,(H,14,15,16). The predicted octanol–water partition coefficient (Wildman–Crippen LogP) is 0.840. The van der Waals surface area contributed by atoms with Gasteiger partial charge in [0, 0.05) is 19.0 Å². The zero-order chi connectivity index (χ0) is 13.9. The van der Waals surface area contributed by atoms with Crippen molar-refractivity contribution in [2.75, 3.05) is 24.0 Å². The van der Waals surface area contributed by atoms with Gasteiger partial charge in [0.1, 0.15) is 17.5 Å². The molecule has 1 rings (SSSR count). The number of nitrogens with one attached hydrogen (secondary N) is 1. The molecule has 0 unspecified atom stereocenters. The van der Waals surface area contributed by atoms with Gasteiger partial charge in [-0.25, -0.2) is 15.8 Å². The van der Waals surface area contributed by atoms with E-state index < -0.39 is 5.54 Å². The minimum Gasteiger partial charge on any atom is -0.394 e. The van der Waals surface area contributed by atoms with Crippen LogP contribution < -0.4 is 16.2 Å². The van der Waals surface area contributed by atoms with Gasteiger partial charge >= 0.3 is 0 Å². The molecular weight excluding hydrogens is 230 g/mol. The second-order valence-electron chi connectivity index (χ2n) is 4.96. The summed E-state index contributed by atoms with van der Waals surface area (Å²) in [6, 6.07) is 0. The van der Waals surface area contributed by atoms with E-state index in [9.17, 15) is 5.11 Å². The number of hydrogen-bond acceptors (Lipinski definition) is 6. The molecule has 0 aliphatic carbocycles. The number of nitrogens with zero attached hydrogens (tertiary/aromatic N) is 3. The molecule has 0 bridgehead atoms. The first kappa shape index (κ1) is 14.7. The van der Waals surface area contributed by atoms with Crippen LogP contribution in [0.2, 0.25) is 0 Å². The Labute approximate surface area is 108 Å². The highest BCUT2D eigenvalue weighted by Gasteiger charge is 2.26. The normalized spacial score (nSPS) is 11.5. The smallest absolute Gasteiger partial charge is 0.148 e. The van der Waals surface area contributed by atoms with E-state index in [-0.39, 0.29) is 6.61 Å². The number of aryl methyl sites for hydroxylation is 1. The molecule has 0 atom stereocenters. The van der Waals surface area contributed by atoms with E-state index >= 15 is 0 Å². The Morgan fingerprint density at radius 1 is 1.39 bits per heavy atom. The van der Waals surface area contributed by atoms with E-state index in [0.29, 0.717) is 5.82 Å². The molecule has 0 saturated carbocycles. The SMILES string of the molecule is CCc1nc(NN)c(C)c(N(C)C(C)(C)CO)n1. The fourth-order valence-corrected chi connectivity index (χ4v) is 1.57. The van der Waals surface area contributed by atoms with Gasteiger partial charge in [-0.15, -0.1) is 0 Å². The molecule has 6 nitrogen and oxygen atoms in total. The number of anilines is 2. The van der Waals surface area contributed by atoms with Crippen LogP contribution in [0.1, 0.15) is 32.2 Å². The molecule has 1 aromatic heterocycles. The highest BCUT2D eigenvalue weighted by Crippen LogP contribution is 2.27. The van der Waals surface area contributed by atoms with E-state index in [1.54, 1.807) is 0 Å². The van der Waals surface area contributed by atoms with Crippen LogP contribution in [0.15, 0.2) is 0 Å². The van der Waals surface area contributed by atoms with E-state index in [0.717, 1.165) is 23.6 Å². The van der Waals surface area contributed by atoms with E-state index in [4.69, 9.17) is 5.84 Å². The van der Waals surface area contributed by atoms with Gasteiger partial charge in [-0.3, -0.25) is 0 Å². The van der Waals surface area contributed by atoms with E-state index in [1.165, 1.54) is 0 Å². The first-order valence-corrected chi connectivity index (χ1v) is 6.06. The van der Waals surface area contributed by atoms with E-state index in [2.05, 4.69) is 15.4 Å². The molecule has 1 aromatic rings. The van der Waals surface area contributed by atoms with E-state index in [1.807, 2.05) is 39.6 Å². The number of aromatic nitrogens is 2. The van der Waals surface area contributed by atoms with Crippen LogP contribution in [-0.4, -0.2) is 34.3 Å². The fourth-order valence-electron chi connectivity index (χ4n) is 1.57. The van der Waals surface area contributed by atoms with Crippen molar-refractivity contribution in [3.8, 4) is 0 Å². The average molecular weight is 253 g/mol. The van der Waals surface area contributed by atoms with Gasteiger partial charge in [-0.1, -0.05) is 6.92 Å². The van der Waals surface area contributed by atoms with Crippen LogP contribution >= 0.6 is 0 Å². The average Bonchev–Trinajstić information content (AvgIpc) is 2.38. The van der Waals surface area contributed by atoms with Crippen LogP contribution in [-0.2, 0) is 6.42 Å². The summed E-state index contributed by atoms with van der Waals surface area (Å²) in [5.41, 5.74) is 3.08. The number of aliphatic hydroxyl groups excluding tert-OH is 1. The summed E-state index contributed by atoms with van der Waals surface area (Å²) < 4.78 is 0. The Morgan fingerprint density at radius 3 is 2.44 bits per heavy atom. The number of nitrogen functional groups attached to an aromatic ring is 1. The lowest BCUT2D eigenvalue weighted by molar-refractivity contribution is 0.215. The highest BCUT2D eigenvalue weighted by atomic mass is 16.3. The molecule has 18 heavy (non-hydrogen) atoms. The minimum absolute atomic E-state index is 0.0415. The quantitative estimate of drug-likeness (QED) is 0.532. The number of hydrazine groups is 1. The van der Waals surface area contributed by atoms with Gasteiger partial charge in [0.15, 0.2) is 0 Å². The van der Waals surface area contributed by atoms with Gasteiger partial charge in [-0.2, -0.15) is 0 Å². The summed E-state index contributed by atoms with van der Waals surface area (Å²) in [5, 5.41) is 9.44. The van der Waals surface area contributed by atoms with Crippen molar-refractivity contribution in [1.82, 2.24) is 9.97 Å². The maximum atomic E-state index is 9.44. The molecule has 0 aromatic carbocycles. The van der Waals surface area contributed by atoms with Gasteiger partial charge in [-0.05, 0) is 20.8 Å². The Bertz CT molecular complexity index is 419. The highest BCUT2D eigenvalue weighted by molar-refractivity contribution is 5.59. The molecule has 0 amide bonds. The summed E-state index contributed by atoms with van der Waals surface area (Å²) in [5.74, 6) is 7.61. The Balaban J connectivity index is 3.30. The van der Waals surface area contributed by atoms with Crippen molar-refractivity contribution in [2.24, 2.45) is 5.84 Å². The van der Waals surface area contributed by atoms with Crippen molar-refractivity contribution >= 4 is 11.6 Å². The molecule has 0 aliphatic rings. The zero-order valence-corrected chi connectivity index (χ0v) is 11.8. The lowest BCUT2D eigenvalue weighted by atomic mass is 10.0. The Kier molecular flexibility index (Phi) is 4.48. The summed E-state index contributed by atoms with van der Waals surface area (Å²) in [6.07, 6.45) is 0.732. The maximum Gasteiger partial charge on any atom is 0.148 e. The number of likely N-dealkylation sites (N-methyl/N-ethyl adjacent to an activating group) is 1. The summed E-state index contributed by atoms with van der Waals surface area (Å²) >= 11 is 0. The van der Waals surface area contributed by atoms with Crippen molar-refractivity contribution in [3.05, 3.63) is 11.4 Å². The molecule has 0 radical (unpaired) electrons. The monoisotopic (exact) mass is 253 g/mol. The van der Waals surface area contributed by atoms with Gasteiger partial charge in [0.05, 0.1) is 12.1 Å². The van der Waals surface area contributed by atoms with Gasteiger partial charge < -0.3 is 15.4 Å². The predicted molar refractivity (Wildman–Crippen MR) is 73.5 cm³/mol. The third kappa shape index (κ3) is 2.70. The number of nitrogens with two attached hydrogens (primary N) is 1. The second-order valence-corrected chi connectivity index (χ2v) is 4.96. The number of rotatable bonds is 5. The maximum absolute atomic E-state index is 9.44. The van der Waals surface area contributed by atoms with Crippen molar-refractivity contribution in [1.29, 1.82) is 0 Å². The van der Waals surface area contributed by atoms with Gasteiger partial charge in [0.2, 0.25) is 0 Å². The van der Waals surface area contributed by atoms with Crippen molar-refractivity contribution in [3.63, 3.8) is 0 Å². The van der Waals surface area contributed by atoms with Crippen molar-refractivity contribution < 1.29 is 5.11 Å². The van der Waals surface area contributed by atoms with Crippen LogP contribution in [0.4, 0.5) is 11.6 Å². The topological polar surface area (TPSA) is 87.3 Å². The van der Waals surface area contributed by atoms with Crippen molar-refractivity contribution in [2.45, 2.75) is 39.7 Å². The van der Waals surface area contributed by atoms with Gasteiger partial charge in [0.25, 0.3) is 0 Å². The first-order chi connectivity index (χ1) is 8.37.